The monoisotopic (exact) mass is 496 g/mol. The van der Waals surface area contributed by atoms with Crippen LogP contribution in [0.2, 0.25) is 5.02 Å². The van der Waals surface area contributed by atoms with E-state index in [2.05, 4.69) is 20.0 Å². The second-order valence-corrected chi connectivity index (χ2v) is 7.96. The van der Waals surface area contributed by atoms with E-state index in [0.29, 0.717) is 13.0 Å². The molecular weight excluding hydrogens is 480 g/mol. The second kappa shape index (κ2) is 9.34. The number of amides is 2. The van der Waals surface area contributed by atoms with E-state index < -0.39 is 24.6 Å². The van der Waals surface area contributed by atoms with Crippen molar-refractivity contribution in [3.05, 3.63) is 75.0 Å². The lowest BCUT2D eigenvalue weighted by molar-refractivity contribution is -0.154. The van der Waals surface area contributed by atoms with E-state index >= 15 is 0 Å². The number of H-pyrrole nitrogens is 1. The van der Waals surface area contributed by atoms with Gasteiger partial charge in [0.1, 0.15) is 5.82 Å². The standard InChI is InChI=1S/C22H17ClF4N4O3/c23-16-8-18(30-21(33)31-4-2-12-5-19(32)29-9-14(12)10-31)17(24)7-15(16)13-1-3-28-20(6-13)34-11-22(25,26)27/h1,3,5-9H,2,4,10-11H2,(H,29,32)(H,30,33). The highest BCUT2D eigenvalue weighted by molar-refractivity contribution is 6.33. The molecule has 0 saturated carbocycles. The van der Waals surface area contributed by atoms with E-state index in [0.717, 1.165) is 17.2 Å². The predicted molar refractivity (Wildman–Crippen MR) is 116 cm³/mol. The maximum atomic E-state index is 14.8. The number of nitrogens with zero attached hydrogens (tertiary/aromatic N) is 2. The molecule has 0 atom stereocenters. The number of carbonyl (C=O) groups is 1. The number of hydrogen-bond acceptors (Lipinski definition) is 4. The van der Waals surface area contributed by atoms with Crippen LogP contribution in [0.1, 0.15) is 11.1 Å². The summed E-state index contributed by atoms with van der Waals surface area (Å²) >= 11 is 6.28. The molecule has 178 valence electrons. The molecule has 0 unspecified atom stereocenters. The number of urea groups is 1. The quantitative estimate of drug-likeness (QED) is 0.510. The van der Waals surface area contributed by atoms with E-state index in [1.807, 2.05) is 0 Å². The molecule has 0 aliphatic carbocycles. The summed E-state index contributed by atoms with van der Waals surface area (Å²) in [6.07, 6.45) is -1.29. The number of nitrogens with one attached hydrogen (secondary N) is 2. The molecule has 34 heavy (non-hydrogen) atoms. The Kier molecular flexibility index (Phi) is 6.47. The molecular formula is C22H17ClF4N4O3. The molecule has 0 saturated heterocycles. The van der Waals surface area contributed by atoms with Gasteiger partial charge in [-0.05, 0) is 41.3 Å². The molecule has 0 radical (unpaired) electrons. The number of aromatic amines is 1. The van der Waals surface area contributed by atoms with Crippen molar-refractivity contribution in [2.24, 2.45) is 0 Å². The summed E-state index contributed by atoms with van der Waals surface area (Å²) in [6, 6.07) is 5.87. The van der Waals surface area contributed by atoms with Crippen molar-refractivity contribution in [1.29, 1.82) is 0 Å². The molecule has 2 amide bonds. The van der Waals surface area contributed by atoms with Crippen molar-refractivity contribution in [1.82, 2.24) is 14.9 Å². The summed E-state index contributed by atoms with van der Waals surface area (Å²) < 4.78 is 56.6. The number of alkyl halides is 3. The van der Waals surface area contributed by atoms with Gasteiger partial charge in [-0.2, -0.15) is 13.2 Å². The molecule has 0 spiro atoms. The van der Waals surface area contributed by atoms with E-state index in [-0.39, 0.29) is 39.8 Å². The average Bonchev–Trinajstić information content (AvgIpc) is 2.79. The molecule has 2 N–H and O–H groups in total. The van der Waals surface area contributed by atoms with Gasteiger partial charge < -0.3 is 19.9 Å². The van der Waals surface area contributed by atoms with Gasteiger partial charge in [-0.1, -0.05) is 11.6 Å². The summed E-state index contributed by atoms with van der Waals surface area (Å²) in [4.78, 5) is 31.8. The Labute approximate surface area is 195 Å². The van der Waals surface area contributed by atoms with Gasteiger partial charge >= 0.3 is 12.2 Å². The predicted octanol–water partition coefficient (Wildman–Crippen LogP) is 4.76. The van der Waals surface area contributed by atoms with Crippen molar-refractivity contribution in [2.45, 2.75) is 19.1 Å². The number of fused-ring (bicyclic) bond motifs is 1. The van der Waals surface area contributed by atoms with Crippen LogP contribution < -0.4 is 15.6 Å². The van der Waals surface area contributed by atoms with Crippen molar-refractivity contribution >= 4 is 23.3 Å². The Morgan fingerprint density at radius 2 is 2.03 bits per heavy atom. The summed E-state index contributed by atoms with van der Waals surface area (Å²) in [5.41, 5.74) is 1.73. The minimum absolute atomic E-state index is 0.0613. The molecule has 12 heteroatoms. The number of rotatable bonds is 4. The van der Waals surface area contributed by atoms with Crippen molar-refractivity contribution < 1.29 is 27.1 Å². The van der Waals surface area contributed by atoms with Crippen LogP contribution in [0.4, 0.5) is 28.0 Å². The van der Waals surface area contributed by atoms with Crippen LogP contribution in [0, 0.1) is 5.82 Å². The zero-order chi connectivity index (χ0) is 24.5. The molecule has 0 bridgehead atoms. The van der Waals surface area contributed by atoms with E-state index in [4.69, 9.17) is 11.6 Å². The molecule has 2 aromatic heterocycles. The molecule has 3 aromatic rings. The fourth-order valence-corrected chi connectivity index (χ4v) is 3.78. The third-order valence-corrected chi connectivity index (χ3v) is 5.45. The van der Waals surface area contributed by atoms with Gasteiger partial charge in [0.2, 0.25) is 11.4 Å². The lowest BCUT2D eigenvalue weighted by Gasteiger charge is -2.28. The van der Waals surface area contributed by atoms with Crippen molar-refractivity contribution in [3.63, 3.8) is 0 Å². The lowest BCUT2D eigenvalue weighted by atomic mass is 10.0. The summed E-state index contributed by atoms with van der Waals surface area (Å²) in [7, 11) is 0. The fraction of sp³-hybridized carbons (Fsp3) is 0.227. The highest BCUT2D eigenvalue weighted by Gasteiger charge is 2.29. The van der Waals surface area contributed by atoms with Crippen LogP contribution >= 0.6 is 11.6 Å². The Morgan fingerprint density at radius 3 is 2.79 bits per heavy atom. The van der Waals surface area contributed by atoms with Crippen LogP contribution in [0.5, 0.6) is 5.88 Å². The highest BCUT2D eigenvalue weighted by Crippen LogP contribution is 2.34. The van der Waals surface area contributed by atoms with E-state index in [1.54, 1.807) is 6.20 Å². The molecule has 3 heterocycles. The number of aromatic nitrogens is 2. The Balaban J connectivity index is 1.49. The first-order valence-electron chi connectivity index (χ1n) is 10.0. The first kappa shape index (κ1) is 23.6. The van der Waals surface area contributed by atoms with Gasteiger partial charge in [0.25, 0.3) is 0 Å². The topological polar surface area (TPSA) is 87.3 Å². The molecule has 0 fully saturated rings. The number of anilines is 1. The first-order valence-corrected chi connectivity index (χ1v) is 10.4. The van der Waals surface area contributed by atoms with Crippen LogP contribution in [-0.2, 0) is 13.0 Å². The maximum Gasteiger partial charge on any atom is 0.422 e. The van der Waals surface area contributed by atoms with Crippen LogP contribution in [-0.4, -0.2) is 40.2 Å². The van der Waals surface area contributed by atoms with Crippen LogP contribution in [0.3, 0.4) is 0 Å². The van der Waals surface area contributed by atoms with Gasteiger partial charge in [0.05, 0.1) is 10.7 Å². The van der Waals surface area contributed by atoms with Gasteiger partial charge in [0.15, 0.2) is 6.61 Å². The summed E-state index contributed by atoms with van der Waals surface area (Å²) in [5, 5.41) is 2.54. The number of hydrogen-bond donors (Lipinski definition) is 2. The second-order valence-electron chi connectivity index (χ2n) is 7.55. The largest absolute Gasteiger partial charge is 0.468 e. The van der Waals surface area contributed by atoms with Crippen LogP contribution in [0.25, 0.3) is 11.1 Å². The Hall–Kier alpha value is -3.60. The number of halogens is 5. The van der Waals surface area contributed by atoms with Crippen molar-refractivity contribution in [3.8, 4) is 17.0 Å². The first-order chi connectivity index (χ1) is 16.1. The molecule has 1 aliphatic heterocycles. The zero-order valence-electron chi connectivity index (χ0n) is 17.4. The van der Waals surface area contributed by atoms with E-state index in [9.17, 15) is 27.2 Å². The van der Waals surface area contributed by atoms with Crippen molar-refractivity contribution in [2.75, 3.05) is 18.5 Å². The number of benzene rings is 1. The Morgan fingerprint density at radius 1 is 1.24 bits per heavy atom. The maximum absolute atomic E-state index is 14.8. The Bertz CT molecular complexity index is 1300. The van der Waals surface area contributed by atoms with Gasteiger partial charge in [-0.3, -0.25) is 4.79 Å². The van der Waals surface area contributed by atoms with E-state index in [1.165, 1.54) is 35.4 Å². The summed E-state index contributed by atoms with van der Waals surface area (Å²) in [6.45, 7) is -0.940. The number of ether oxygens (including phenoxy) is 1. The molecule has 4 rings (SSSR count). The SMILES string of the molecule is O=C(Nc1cc(Cl)c(-c2ccnc(OCC(F)(F)F)c2)cc1F)N1CCc2cc(=O)[nH]cc2C1. The number of pyridine rings is 2. The third kappa shape index (κ3) is 5.48. The zero-order valence-corrected chi connectivity index (χ0v) is 18.1. The third-order valence-electron chi connectivity index (χ3n) is 5.13. The lowest BCUT2D eigenvalue weighted by Crippen LogP contribution is -2.39. The average molecular weight is 497 g/mol. The molecule has 7 nitrogen and oxygen atoms in total. The fourth-order valence-electron chi connectivity index (χ4n) is 3.51. The van der Waals surface area contributed by atoms with Gasteiger partial charge in [0, 0.05) is 43.2 Å². The smallest absolute Gasteiger partial charge is 0.422 e. The minimum atomic E-state index is -4.53. The highest BCUT2D eigenvalue weighted by atomic mass is 35.5. The molecule has 1 aliphatic rings. The minimum Gasteiger partial charge on any atom is -0.468 e. The van der Waals surface area contributed by atoms with Gasteiger partial charge in [-0.25, -0.2) is 14.2 Å². The number of carbonyl (C=O) groups excluding carboxylic acids is 1. The molecule has 1 aromatic carbocycles. The summed E-state index contributed by atoms with van der Waals surface area (Å²) in [5.74, 6) is -1.08. The van der Waals surface area contributed by atoms with Gasteiger partial charge in [-0.15, -0.1) is 0 Å². The normalized spacial score (nSPS) is 13.4. The van der Waals surface area contributed by atoms with Crippen LogP contribution in [0.15, 0.2) is 47.5 Å².